The molecule has 0 bridgehead atoms. The molecule has 0 spiro atoms. The van der Waals surface area contributed by atoms with E-state index in [1.165, 1.54) is 11.1 Å². The lowest BCUT2D eigenvalue weighted by Crippen LogP contribution is -2.54. The molecule has 4 nitrogen and oxygen atoms in total. The molecule has 0 unspecified atom stereocenters. The normalized spacial score (nSPS) is 43.9. The van der Waals surface area contributed by atoms with Crippen molar-refractivity contribution >= 4 is 5.57 Å². The molecule has 0 radical (unpaired) electrons. The molecule has 4 aliphatic carbocycles. The molecule has 7 atom stereocenters. The Morgan fingerprint density at radius 3 is 2.59 bits per heavy atom. The van der Waals surface area contributed by atoms with Crippen molar-refractivity contribution in [1.29, 1.82) is 0 Å². The number of methoxy groups -OCH3 is 1. The predicted octanol–water partition coefficient (Wildman–Crippen LogP) is 4.34. The van der Waals surface area contributed by atoms with Crippen molar-refractivity contribution in [3.63, 3.8) is 0 Å². The summed E-state index contributed by atoms with van der Waals surface area (Å²) in [5, 5.41) is 21.5. The fraction of sp³-hybridized carbons (Fsp3) is 0.640. The SMILES string of the molecule is COC1=C(c2cccnc2)[C@@]2(C)CC[C@H]3[C@@H]([C@@H](O)C=C4C[C@@H](O)CC[C@@]43C)[C@@H]2C1. The number of nitrogens with zero attached hydrogens (tertiary/aromatic N) is 1. The molecule has 0 aromatic carbocycles. The van der Waals surface area contributed by atoms with Crippen LogP contribution in [0.25, 0.3) is 5.57 Å². The summed E-state index contributed by atoms with van der Waals surface area (Å²) in [7, 11) is 1.78. The van der Waals surface area contributed by atoms with Crippen LogP contribution in [0.3, 0.4) is 0 Å². The highest BCUT2D eigenvalue weighted by molar-refractivity contribution is 5.74. The number of fused-ring (bicyclic) bond motifs is 5. The number of ether oxygens (including phenoxy) is 1. The molecule has 156 valence electrons. The van der Waals surface area contributed by atoms with Crippen LogP contribution in [0.5, 0.6) is 0 Å². The fourth-order valence-corrected chi connectivity index (χ4v) is 7.45. The molecule has 1 heterocycles. The molecule has 2 fully saturated rings. The quantitative estimate of drug-likeness (QED) is 0.731. The van der Waals surface area contributed by atoms with Gasteiger partial charge in [0.2, 0.25) is 0 Å². The Morgan fingerprint density at radius 1 is 1.07 bits per heavy atom. The zero-order valence-corrected chi connectivity index (χ0v) is 17.8. The summed E-state index contributed by atoms with van der Waals surface area (Å²) in [6, 6.07) is 4.14. The van der Waals surface area contributed by atoms with Gasteiger partial charge in [0.1, 0.15) is 5.76 Å². The molecular formula is C25H33NO3. The van der Waals surface area contributed by atoms with Gasteiger partial charge in [-0.15, -0.1) is 0 Å². The van der Waals surface area contributed by atoms with Gasteiger partial charge in [0.05, 0.1) is 19.3 Å². The molecule has 0 aliphatic heterocycles. The van der Waals surface area contributed by atoms with E-state index in [4.69, 9.17) is 4.74 Å². The van der Waals surface area contributed by atoms with Gasteiger partial charge in [0.25, 0.3) is 0 Å². The first-order chi connectivity index (χ1) is 13.9. The summed E-state index contributed by atoms with van der Waals surface area (Å²) >= 11 is 0. The van der Waals surface area contributed by atoms with E-state index in [-0.39, 0.29) is 22.9 Å². The smallest absolute Gasteiger partial charge is 0.100 e. The highest BCUT2D eigenvalue weighted by atomic mass is 16.5. The second kappa shape index (κ2) is 6.68. The molecule has 1 aromatic rings. The molecule has 1 aromatic heterocycles. The molecule has 0 amide bonds. The van der Waals surface area contributed by atoms with Gasteiger partial charge in [-0.3, -0.25) is 4.98 Å². The van der Waals surface area contributed by atoms with E-state index in [0.29, 0.717) is 11.8 Å². The van der Waals surface area contributed by atoms with Crippen molar-refractivity contribution in [1.82, 2.24) is 4.98 Å². The summed E-state index contributed by atoms with van der Waals surface area (Å²) in [5.41, 5.74) is 3.84. The number of aliphatic hydroxyl groups is 2. The Bertz CT molecular complexity index is 862. The van der Waals surface area contributed by atoms with Gasteiger partial charge in [0, 0.05) is 29.8 Å². The molecule has 2 N–H and O–H groups in total. The number of rotatable bonds is 2. The maximum atomic E-state index is 11.3. The maximum Gasteiger partial charge on any atom is 0.100 e. The first-order valence-electron chi connectivity index (χ1n) is 11.1. The van der Waals surface area contributed by atoms with Crippen LogP contribution in [0.1, 0.15) is 57.9 Å². The zero-order chi connectivity index (χ0) is 20.4. The van der Waals surface area contributed by atoms with E-state index in [0.717, 1.165) is 49.8 Å². The Morgan fingerprint density at radius 2 is 1.86 bits per heavy atom. The molecule has 29 heavy (non-hydrogen) atoms. The maximum absolute atomic E-state index is 11.3. The summed E-state index contributed by atoms with van der Waals surface area (Å²) in [5.74, 6) is 2.13. The number of aromatic nitrogens is 1. The van der Waals surface area contributed by atoms with Gasteiger partial charge in [-0.05, 0) is 66.9 Å². The highest BCUT2D eigenvalue weighted by Gasteiger charge is 2.60. The van der Waals surface area contributed by atoms with Crippen molar-refractivity contribution in [2.75, 3.05) is 7.11 Å². The second-order valence-corrected chi connectivity index (χ2v) is 10.2. The molecule has 4 heteroatoms. The first kappa shape index (κ1) is 19.3. The van der Waals surface area contributed by atoms with Gasteiger partial charge in [0.15, 0.2) is 0 Å². The third-order valence-electron chi connectivity index (χ3n) is 8.94. The van der Waals surface area contributed by atoms with E-state index >= 15 is 0 Å². The first-order valence-corrected chi connectivity index (χ1v) is 11.1. The van der Waals surface area contributed by atoms with Gasteiger partial charge < -0.3 is 14.9 Å². The second-order valence-electron chi connectivity index (χ2n) is 10.2. The Labute approximate surface area is 173 Å². The van der Waals surface area contributed by atoms with Gasteiger partial charge in [-0.25, -0.2) is 0 Å². The van der Waals surface area contributed by atoms with Crippen LogP contribution in [-0.4, -0.2) is 34.5 Å². The number of allylic oxidation sites excluding steroid dienone is 2. The minimum absolute atomic E-state index is 0.00753. The van der Waals surface area contributed by atoms with Crippen LogP contribution in [0.15, 0.2) is 41.9 Å². The van der Waals surface area contributed by atoms with E-state index in [9.17, 15) is 10.2 Å². The third kappa shape index (κ3) is 2.68. The highest BCUT2D eigenvalue weighted by Crippen LogP contribution is 2.67. The third-order valence-corrected chi connectivity index (χ3v) is 8.94. The molecule has 0 saturated heterocycles. The van der Waals surface area contributed by atoms with Crippen LogP contribution < -0.4 is 0 Å². The monoisotopic (exact) mass is 395 g/mol. The van der Waals surface area contributed by atoms with Crippen molar-refractivity contribution in [2.24, 2.45) is 28.6 Å². The van der Waals surface area contributed by atoms with E-state index in [1.807, 2.05) is 18.5 Å². The standard InChI is InChI=1S/C25H33NO3/c1-24-8-6-17(27)11-16(24)12-20(28)22-18(24)7-9-25(2)19(22)13-21(29-3)23(25)15-5-4-10-26-14-15/h4-5,10,12,14,17-20,22,27-28H,6-9,11,13H2,1-3H3/t17-,18-,19-,20-,22+,24-,25-/m0/s1. The van der Waals surface area contributed by atoms with Gasteiger partial charge in [-0.1, -0.05) is 31.6 Å². The lowest BCUT2D eigenvalue weighted by atomic mass is 9.46. The average Bonchev–Trinajstić information content (AvgIpc) is 3.02. The molecule has 5 rings (SSSR count). The van der Waals surface area contributed by atoms with E-state index in [2.05, 4.69) is 31.0 Å². The predicted molar refractivity (Wildman–Crippen MR) is 113 cm³/mol. The summed E-state index contributed by atoms with van der Waals surface area (Å²) in [6.45, 7) is 4.76. The average molecular weight is 396 g/mol. The lowest BCUT2D eigenvalue weighted by Gasteiger charge is -2.58. The van der Waals surface area contributed by atoms with E-state index < -0.39 is 6.10 Å². The summed E-state index contributed by atoms with van der Waals surface area (Å²) in [6.07, 6.45) is 10.9. The number of hydrogen-bond donors (Lipinski definition) is 2. The number of aliphatic hydroxyl groups excluding tert-OH is 2. The zero-order valence-electron chi connectivity index (χ0n) is 17.8. The van der Waals surface area contributed by atoms with Crippen LogP contribution in [-0.2, 0) is 4.74 Å². The lowest BCUT2D eigenvalue weighted by molar-refractivity contribution is -0.0743. The Kier molecular flexibility index (Phi) is 4.45. The van der Waals surface area contributed by atoms with Crippen LogP contribution in [0, 0.1) is 28.6 Å². The van der Waals surface area contributed by atoms with Gasteiger partial charge >= 0.3 is 0 Å². The van der Waals surface area contributed by atoms with Crippen LogP contribution in [0.2, 0.25) is 0 Å². The van der Waals surface area contributed by atoms with Crippen molar-refractivity contribution in [3.8, 4) is 0 Å². The minimum Gasteiger partial charge on any atom is -0.501 e. The number of pyridine rings is 1. The largest absolute Gasteiger partial charge is 0.501 e. The number of hydrogen-bond acceptors (Lipinski definition) is 4. The minimum atomic E-state index is -0.440. The van der Waals surface area contributed by atoms with Crippen LogP contribution in [0.4, 0.5) is 0 Å². The van der Waals surface area contributed by atoms with Crippen molar-refractivity contribution < 1.29 is 14.9 Å². The molecule has 2 saturated carbocycles. The van der Waals surface area contributed by atoms with Crippen molar-refractivity contribution in [3.05, 3.63) is 47.5 Å². The van der Waals surface area contributed by atoms with Gasteiger partial charge in [-0.2, -0.15) is 0 Å². The van der Waals surface area contributed by atoms with Crippen molar-refractivity contribution in [2.45, 2.75) is 64.6 Å². The van der Waals surface area contributed by atoms with E-state index in [1.54, 1.807) is 7.11 Å². The fourth-order valence-electron chi connectivity index (χ4n) is 7.45. The Balaban J connectivity index is 1.56. The molecule has 4 aliphatic rings. The van der Waals surface area contributed by atoms with Crippen LogP contribution >= 0.6 is 0 Å². The Hall–Kier alpha value is -1.65. The summed E-state index contributed by atoms with van der Waals surface area (Å²) < 4.78 is 5.92. The topological polar surface area (TPSA) is 62.6 Å². The molecular weight excluding hydrogens is 362 g/mol. The summed E-state index contributed by atoms with van der Waals surface area (Å²) in [4.78, 5) is 4.36.